The van der Waals surface area contributed by atoms with Crippen molar-refractivity contribution in [2.45, 2.75) is 25.8 Å². The lowest BCUT2D eigenvalue weighted by Gasteiger charge is -2.23. The average molecular weight is 349 g/mol. The van der Waals surface area contributed by atoms with E-state index in [1.165, 1.54) is 11.3 Å². The summed E-state index contributed by atoms with van der Waals surface area (Å²) in [5, 5.41) is 5.22. The molecule has 1 aromatic heterocycles. The first-order valence-electron chi connectivity index (χ1n) is 7.48. The van der Waals surface area contributed by atoms with Crippen LogP contribution in [0.15, 0.2) is 35.7 Å². The molecule has 1 aromatic carbocycles. The van der Waals surface area contributed by atoms with Crippen LogP contribution in [0, 0.1) is 6.92 Å². The number of carbonyl (C=O) groups excluding carboxylic acids is 2. The molecule has 0 radical (unpaired) electrons. The number of nitrogens with zero attached hydrogens (tertiary/aromatic N) is 1. The number of halogens is 1. The molecule has 4 nitrogen and oxygen atoms in total. The molecule has 120 valence electrons. The molecule has 0 aliphatic carbocycles. The van der Waals surface area contributed by atoms with Crippen LogP contribution in [0.5, 0.6) is 0 Å². The van der Waals surface area contributed by atoms with Crippen molar-refractivity contribution in [3.05, 3.63) is 51.2 Å². The summed E-state index contributed by atoms with van der Waals surface area (Å²) in [5.74, 6) is -0.259. The molecule has 23 heavy (non-hydrogen) atoms. The molecule has 3 rings (SSSR count). The van der Waals surface area contributed by atoms with Crippen molar-refractivity contribution >= 4 is 40.4 Å². The molecular formula is C17H17ClN2O2S. The Bertz CT molecular complexity index is 730. The Balaban J connectivity index is 1.74. The quantitative estimate of drug-likeness (QED) is 0.912. The van der Waals surface area contributed by atoms with E-state index in [4.69, 9.17) is 11.6 Å². The van der Waals surface area contributed by atoms with Gasteiger partial charge < -0.3 is 10.2 Å². The minimum absolute atomic E-state index is 0.0762. The Kier molecular flexibility index (Phi) is 4.68. The Morgan fingerprint density at radius 1 is 1.35 bits per heavy atom. The molecular weight excluding hydrogens is 332 g/mol. The summed E-state index contributed by atoms with van der Waals surface area (Å²) in [5.41, 5.74) is 1.61. The van der Waals surface area contributed by atoms with Gasteiger partial charge in [0, 0.05) is 6.54 Å². The van der Waals surface area contributed by atoms with E-state index in [1.54, 1.807) is 23.1 Å². The van der Waals surface area contributed by atoms with Gasteiger partial charge in [0.15, 0.2) is 0 Å². The first-order valence-corrected chi connectivity index (χ1v) is 8.73. The van der Waals surface area contributed by atoms with Crippen molar-refractivity contribution in [1.29, 1.82) is 0 Å². The smallest absolute Gasteiger partial charge is 0.264 e. The predicted octanol–water partition coefficient (Wildman–Crippen LogP) is 3.95. The number of hydrogen-bond acceptors (Lipinski definition) is 3. The van der Waals surface area contributed by atoms with Gasteiger partial charge in [-0.25, -0.2) is 0 Å². The van der Waals surface area contributed by atoms with Gasteiger partial charge in [-0.1, -0.05) is 23.7 Å². The summed E-state index contributed by atoms with van der Waals surface area (Å²) in [6.45, 7) is 2.55. The monoisotopic (exact) mass is 348 g/mol. The van der Waals surface area contributed by atoms with Gasteiger partial charge in [0.05, 0.1) is 15.6 Å². The van der Waals surface area contributed by atoms with Gasteiger partial charge in [-0.15, -0.1) is 11.3 Å². The lowest BCUT2D eigenvalue weighted by Crippen LogP contribution is -2.43. The maximum Gasteiger partial charge on any atom is 0.264 e. The van der Waals surface area contributed by atoms with Crippen LogP contribution in [0.25, 0.3) is 0 Å². The Morgan fingerprint density at radius 2 is 2.17 bits per heavy atom. The van der Waals surface area contributed by atoms with Crippen LogP contribution in [-0.2, 0) is 4.79 Å². The fraction of sp³-hybridized carbons (Fsp3) is 0.294. The second-order valence-electron chi connectivity index (χ2n) is 5.61. The normalized spacial score (nSPS) is 17.3. The molecule has 2 amide bonds. The molecule has 0 unspecified atom stereocenters. The third kappa shape index (κ3) is 3.41. The van der Waals surface area contributed by atoms with Crippen LogP contribution in [-0.4, -0.2) is 29.3 Å². The largest absolute Gasteiger partial charge is 0.326 e. The van der Waals surface area contributed by atoms with Crippen molar-refractivity contribution in [1.82, 2.24) is 4.90 Å². The van der Waals surface area contributed by atoms with Crippen molar-refractivity contribution < 1.29 is 9.59 Å². The molecule has 1 fully saturated rings. The molecule has 1 N–H and O–H groups in total. The summed E-state index contributed by atoms with van der Waals surface area (Å²) >= 11 is 7.56. The van der Waals surface area contributed by atoms with Crippen molar-refractivity contribution in [3.8, 4) is 0 Å². The summed E-state index contributed by atoms with van der Waals surface area (Å²) in [6, 6.07) is 8.68. The molecule has 0 spiro atoms. The van der Waals surface area contributed by atoms with E-state index >= 15 is 0 Å². The predicted molar refractivity (Wildman–Crippen MR) is 93.2 cm³/mol. The molecule has 1 atom stereocenters. The molecule has 2 heterocycles. The number of carbonyl (C=O) groups is 2. The maximum absolute atomic E-state index is 12.6. The van der Waals surface area contributed by atoms with Crippen LogP contribution in [0.1, 0.15) is 28.1 Å². The van der Waals surface area contributed by atoms with Gasteiger partial charge in [-0.05, 0) is 48.9 Å². The Labute approximate surface area is 144 Å². The van der Waals surface area contributed by atoms with E-state index in [0.29, 0.717) is 28.6 Å². The fourth-order valence-electron chi connectivity index (χ4n) is 2.76. The number of hydrogen-bond donors (Lipinski definition) is 1. The van der Waals surface area contributed by atoms with Crippen LogP contribution in [0.4, 0.5) is 5.69 Å². The van der Waals surface area contributed by atoms with E-state index in [2.05, 4.69) is 5.32 Å². The number of nitrogens with one attached hydrogen (secondary N) is 1. The van der Waals surface area contributed by atoms with Crippen molar-refractivity contribution in [3.63, 3.8) is 0 Å². The highest BCUT2D eigenvalue weighted by atomic mass is 35.5. The third-order valence-corrected chi connectivity index (χ3v) is 5.10. The van der Waals surface area contributed by atoms with E-state index in [-0.39, 0.29) is 11.8 Å². The first kappa shape index (κ1) is 16.0. The number of thiophene rings is 1. The SMILES string of the molecule is Cc1ccc(NC(=O)[C@H]2CCCN2C(=O)c2cccs2)c(Cl)c1. The number of aryl methyl sites for hydroxylation is 1. The summed E-state index contributed by atoms with van der Waals surface area (Å²) in [7, 11) is 0. The molecule has 1 saturated heterocycles. The summed E-state index contributed by atoms with van der Waals surface area (Å²) in [4.78, 5) is 27.4. The number of amides is 2. The molecule has 1 aliphatic rings. The van der Waals surface area contributed by atoms with Crippen LogP contribution in [0.3, 0.4) is 0 Å². The molecule has 2 aromatic rings. The van der Waals surface area contributed by atoms with E-state index < -0.39 is 6.04 Å². The first-order chi connectivity index (χ1) is 11.1. The summed E-state index contributed by atoms with van der Waals surface area (Å²) < 4.78 is 0. The highest BCUT2D eigenvalue weighted by Gasteiger charge is 2.35. The van der Waals surface area contributed by atoms with Gasteiger partial charge in [-0.2, -0.15) is 0 Å². The Morgan fingerprint density at radius 3 is 2.87 bits per heavy atom. The molecule has 0 bridgehead atoms. The van der Waals surface area contributed by atoms with Gasteiger partial charge in [0.1, 0.15) is 6.04 Å². The number of benzene rings is 1. The number of anilines is 1. The summed E-state index contributed by atoms with van der Waals surface area (Å²) in [6.07, 6.45) is 1.50. The van der Waals surface area contributed by atoms with Crippen molar-refractivity contribution in [2.75, 3.05) is 11.9 Å². The van der Waals surface area contributed by atoms with Gasteiger partial charge in [0.2, 0.25) is 5.91 Å². The van der Waals surface area contributed by atoms with Gasteiger partial charge in [0.25, 0.3) is 5.91 Å². The number of likely N-dealkylation sites (tertiary alicyclic amines) is 1. The standard InChI is InChI=1S/C17H17ClN2O2S/c1-11-6-7-13(12(18)10-11)19-16(21)14-4-2-8-20(14)17(22)15-5-3-9-23-15/h3,5-7,9-10,14H,2,4,8H2,1H3,(H,19,21)/t14-/m1/s1. The highest BCUT2D eigenvalue weighted by Crippen LogP contribution is 2.26. The second-order valence-corrected chi connectivity index (χ2v) is 6.96. The van der Waals surface area contributed by atoms with Gasteiger partial charge in [-0.3, -0.25) is 9.59 Å². The van der Waals surface area contributed by atoms with E-state index in [9.17, 15) is 9.59 Å². The minimum atomic E-state index is -0.443. The molecule has 1 aliphatic heterocycles. The zero-order chi connectivity index (χ0) is 16.4. The molecule has 0 saturated carbocycles. The maximum atomic E-state index is 12.6. The van der Waals surface area contributed by atoms with E-state index in [1.807, 2.05) is 24.4 Å². The lowest BCUT2D eigenvalue weighted by atomic mass is 10.2. The average Bonchev–Trinajstić information content (AvgIpc) is 3.20. The van der Waals surface area contributed by atoms with E-state index in [0.717, 1.165) is 12.0 Å². The van der Waals surface area contributed by atoms with Crippen LogP contribution >= 0.6 is 22.9 Å². The zero-order valence-corrected chi connectivity index (χ0v) is 14.3. The van der Waals surface area contributed by atoms with Gasteiger partial charge >= 0.3 is 0 Å². The lowest BCUT2D eigenvalue weighted by molar-refractivity contribution is -0.119. The topological polar surface area (TPSA) is 49.4 Å². The zero-order valence-electron chi connectivity index (χ0n) is 12.7. The third-order valence-electron chi connectivity index (χ3n) is 3.93. The molecule has 6 heteroatoms. The second kappa shape index (κ2) is 6.72. The minimum Gasteiger partial charge on any atom is -0.326 e. The van der Waals surface area contributed by atoms with Crippen LogP contribution < -0.4 is 5.32 Å². The van der Waals surface area contributed by atoms with Crippen LogP contribution in [0.2, 0.25) is 5.02 Å². The fourth-order valence-corrected chi connectivity index (χ4v) is 3.72. The van der Waals surface area contributed by atoms with Crippen molar-refractivity contribution in [2.24, 2.45) is 0 Å². The highest BCUT2D eigenvalue weighted by molar-refractivity contribution is 7.12. The number of rotatable bonds is 3. The Hall–Kier alpha value is -1.85.